The van der Waals surface area contributed by atoms with Gasteiger partial charge in [0.15, 0.2) is 0 Å². The number of benzene rings is 3. The first-order chi connectivity index (χ1) is 24.8. The largest absolute Gasteiger partial charge is 0.442 e. The number of nitrogens with one attached hydrogen (secondary N) is 2. The van der Waals surface area contributed by atoms with Gasteiger partial charge >= 0.3 is 36.9 Å². The van der Waals surface area contributed by atoms with Crippen molar-refractivity contribution < 1.29 is 63.9 Å². The van der Waals surface area contributed by atoms with E-state index in [4.69, 9.17) is 15.5 Å². The van der Waals surface area contributed by atoms with E-state index in [1.165, 1.54) is 6.07 Å². The van der Waals surface area contributed by atoms with Crippen LogP contribution in [0.3, 0.4) is 0 Å². The van der Waals surface area contributed by atoms with Crippen LogP contribution in [0.4, 0.5) is 35.1 Å². The smallest absolute Gasteiger partial charge is 0.368 e. The van der Waals surface area contributed by atoms with E-state index >= 15 is 0 Å². The molecule has 15 nitrogen and oxygen atoms in total. The maximum Gasteiger partial charge on any atom is 0.442 e. The molecule has 0 saturated heterocycles. The highest BCUT2D eigenvalue weighted by Crippen LogP contribution is 2.59. The van der Waals surface area contributed by atoms with Crippen molar-refractivity contribution in [3.8, 4) is 0 Å². The third-order valence-electron chi connectivity index (χ3n) is 8.14. The van der Waals surface area contributed by atoms with Crippen LogP contribution in [0.15, 0.2) is 90.1 Å². The van der Waals surface area contributed by atoms with Crippen molar-refractivity contribution in [1.29, 1.82) is 0 Å². The Morgan fingerprint density at radius 2 is 1.18 bits per heavy atom. The van der Waals surface area contributed by atoms with Gasteiger partial charge in [-0.25, -0.2) is 0 Å². The summed E-state index contributed by atoms with van der Waals surface area (Å²) in [5.41, 5.74) is -7.37. The molecule has 0 bridgehead atoms. The number of amides is 3. The molecule has 5 rings (SSSR count). The number of alkyl halides is 8. The van der Waals surface area contributed by atoms with E-state index in [2.05, 4.69) is 63.0 Å². The van der Waals surface area contributed by atoms with Gasteiger partial charge in [0, 0.05) is 44.0 Å². The highest BCUT2D eigenvalue weighted by Gasteiger charge is 2.66. The summed E-state index contributed by atoms with van der Waals surface area (Å²) < 4.78 is 122. The number of primary amides is 1. The lowest BCUT2D eigenvalue weighted by Gasteiger charge is -2.24. The first kappa shape index (κ1) is 46.1. The van der Waals surface area contributed by atoms with Crippen LogP contribution in [0.25, 0.3) is 0 Å². The van der Waals surface area contributed by atoms with Crippen LogP contribution < -0.4 is 28.7 Å². The van der Waals surface area contributed by atoms with Crippen LogP contribution in [-0.2, 0) is 44.0 Å². The monoisotopic (exact) mass is 951 g/mol. The second-order valence-electron chi connectivity index (χ2n) is 12.0. The Kier molecular flexibility index (Phi) is 13.1. The summed E-state index contributed by atoms with van der Waals surface area (Å²) in [5, 5.41) is 17.1. The molecule has 0 fully saturated rings. The number of carbonyl (C=O) groups excluding carboxylic acids is 3. The molecule has 2 aliphatic rings. The first-order valence-corrected chi connectivity index (χ1v) is 18.1. The molecular weight excluding hydrogens is 925 g/mol. The minimum absolute atomic E-state index is 0. The zero-order valence-electron chi connectivity index (χ0n) is 27.9. The van der Waals surface area contributed by atoms with E-state index in [-0.39, 0.29) is 32.4 Å². The number of halogens is 10. The molecule has 0 aliphatic carbocycles. The molecule has 2 heterocycles. The Balaban J connectivity index is 0.00000420. The minimum Gasteiger partial charge on any atom is -0.368 e. The Morgan fingerprint density at radius 1 is 0.714 bits per heavy atom. The van der Waals surface area contributed by atoms with Crippen molar-refractivity contribution in [2.45, 2.75) is 54.3 Å². The molecule has 0 radical (unpaired) electrons. The van der Waals surface area contributed by atoms with Gasteiger partial charge in [-0.2, -0.15) is 35.1 Å². The first-order valence-electron chi connectivity index (χ1n) is 14.9. The van der Waals surface area contributed by atoms with E-state index in [1.807, 2.05) is 0 Å². The molecule has 0 saturated carbocycles. The molecule has 3 aromatic carbocycles. The molecule has 2 atom stereocenters. The molecule has 0 unspecified atom stereocenters. The van der Waals surface area contributed by atoms with Crippen LogP contribution in [0.5, 0.6) is 0 Å². The van der Waals surface area contributed by atoms with Crippen LogP contribution >= 0.6 is 39.5 Å². The highest BCUT2D eigenvalue weighted by molar-refractivity contribution is 9.10. The van der Waals surface area contributed by atoms with Gasteiger partial charge in [0.1, 0.15) is 12.1 Å². The molecule has 3 amide bonds. The summed E-state index contributed by atoms with van der Waals surface area (Å²) in [7, 11) is -5.91. The lowest BCUT2D eigenvalue weighted by atomic mass is 9.96. The highest BCUT2D eigenvalue weighted by atomic mass is 79.9. The minimum atomic E-state index is -5.91. The van der Waals surface area contributed by atoms with Gasteiger partial charge in [-0.1, -0.05) is 62.2 Å². The number of rotatable bonds is 13. The number of nitrogens with two attached hydrogens (primary N) is 1. The Bertz CT molecular complexity index is 2120. The maximum absolute atomic E-state index is 14.1. The predicted molar refractivity (Wildman–Crippen MR) is 186 cm³/mol. The SMILES string of the molecule is N.N.NC(=O)[C@H](Cc1ccc(C(F)(F)P(=O)(O)O)cc1)NC(=O)[C@H](Cc1cc(Br)cc(C2(C(F)(F)F)N=N2)c1)NC(=O)c1cc(Br)cc(C2(C(F)(F)F)N=N2)c1. The molecule has 56 heavy (non-hydrogen) atoms. The summed E-state index contributed by atoms with van der Waals surface area (Å²) >= 11 is 6.11. The molecule has 2 aliphatic heterocycles. The van der Waals surface area contributed by atoms with Crippen molar-refractivity contribution in [3.63, 3.8) is 0 Å². The van der Waals surface area contributed by atoms with E-state index in [1.54, 1.807) is 0 Å². The normalized spacial score (nSPS) is 16.4. The number of hydrogen-bond donors (Lipinski definition) is 7. The van der Waals surface area contributed by atoms with Gasteiger partial charge in [0.25, 0.3) is 5.91 Å². The molecule has 12 N–H and O–H groups in total. The summed E-state index contributed by atoms with van der Waals surface area (Å²) in [6.07, 6.45) is -11.0. The Labute approximate surface area is 326 Å². The van der Waals surface area contributed by atoms with E-state index in [0.717, 1.165) is 42.5 Å². The number of carbonyl (C=O) groups is 3. The molecule has 304 valence electrons. The lowest BCUT2D eigenvalue weighted by molar-refractivity contribution is -0.166. The van der Waals surface area contributed by atoms with Gasteiger partial charge in [-0.3, -0.25) is 18.9 Å². The number of hydrogen-bond acceptors (Lipinski definition) is 10. The van der Waals surface area contributed by atoms with Crippen LogP contribution in [-0.4, -0.2) is 51.9 Å². The van der Waals surface area contributed by atoms with Crippen molar-refractivity contribution >= 4 is 57.2 Å². The molecule has 0 aromatic heterocycles. The fourth-order valence-electron chi connectivity index (χ4n) is 5.20. The van der Waals surface area contributed by atoms with E-state index in [0.29, 0.717) is 12.1 Å². The molecule has 0 spiro atoms. The summed E-state index contributed by atoms with van der Waals surface area (Å²) in [6.45, 7) is 0. The van der Waals surface area contributed by atoms with E-state index in [9.17, 15) is 54.1 Å². The van der Waals surface area contributed by atoms with Crippen LogP contribution in [0.1, 0.15) is 38.2 Å². The van der Waals surface area contributed by atoms with Crippen molar-refractivity contribution in [1.82, 2.24) is 22.9 Å². The van der Waals surface area contributed by atoms with Gasteiger partial charge in [0.2, 0.25) is 11.8 Å². The van der Waals surface area contributed by atoms with Crippen LogP contribution in [0, 0.1) is 0 Å². The standard InChI is InChI=1S/C30H22Br2F8N7O6P.2H3N/c31-19-6-14(5-17(11-19)26(44-45-26)29(35,36)37)8-22(43-24(49)15-9-18(12-20(32)10-15)27(46-47-27)30(38,39)40)25(50)42-21(23(41)48)7-13-1-3-16(4-2-13)28(33,34)54(51,52)53;;/h1-6,9-12,21-22H,7-8H2,(H2,41,48)(H,42,50)(H,43,49)(H2,51,52,53);2*1H3/t21-,22-;;/m0../s1. The Morgan fingerprint density at radius 3 is 1.62 bits per heavy atom. The average Bonchev–Trinajstić information content (AvgIpc) is 3.96. The van der Waals surface area contributed by atoms with Gasteiger partial charge < -0.3 is 38.5 Å². The third kappa shape index (κ3) is 9.30. The van der Waals surface area contributed by atoms with Gasteiger partial charge in [-0.15, -0.1) is 20.5 Å². The topological polar surface area (TPSA) is 278 Å². The van der Waals surface area contributed by atoms with Crippen molar-refractivity contribution in [2.75, 3.05) is 0 Å². The second kappa shape index (κ2) is 15.9. The Hall–Kier alpha value is -4.26. The van der Waals surface area contributed by atoms with Gasteiger partial charge in [-0.05, 0) is 41.5 Å². The quantitative estimate of drug-likeness (QED) is 0.0715. The van der Waals surface area contributed by atoms with E-state index < -0.39 is 102 Å². The second-order valence-corrected chi connectivity index (χ2v) is 15.5. The van der Waals surface area contributed by atoms with Gasteiger partial charge in [0.05, 0.1) is 0 Å². The summed E-state index contributed by atoms with van der Waals surface area (Å²) in [6, 6.07) is 6.20. The average molecular weight is 953 g/mol. The number of nitrogens with zero attached hydrogens (tertiary/aromatic N) is 4. The molecule has 26 heteroatoms. The maximum atomic E-state index is 14.1. The summed E-state index contributed by atoms with van der Waals surface area (Å²) in [4.78, 5) is 57.7. The van der Waals surface area contributed by atoms with Crippen molar-refractivity contribution in [3.05, 3.63) is 103 Å². The fourth-order valence-corrected chi connectivity index (χ4v) is 6.72. The zero-order valence-corrected chi connectivity index (χ0v) is 31.9. The lowest BCUT2D eigenvalue weighted by Crippen LogP contribution is -2.54. The summed E-state index contributed by atoms with van der Waals surface area (Å²) in [5.74, 6) is -3.50. The predicted octanol–water partition coefficient (Wildman–Crippen LogP) is 6.68. The molecular formula is C30H28Br2F8N9O6P. The third-order valence-corrected chi connectivity index (χ3v) is 10.0. The van der Waals surface area contributed by atoms with Crippen LogP contribution in [0.2, 0.25) is 0 Å². The molecule has 3 aromatic rings. The van der Waals surface area contributed by atoms with Crippen molar-refractivity contribution in [2.24, 2.45) is 26.2 Å². The zero-order chi connectivity index (χ0) is 40.2. The fraction of sp³-hybridized carbons (Fsp3) is 0.300.